The number of benzene rings is 2. The molecule has 28 heavy (non-hydrogen) atoms. The smallest absolute Gasteiger partial charge is 0.282 e. The minimum Gasteiger partial charge on any atom is -0.487 e. The molecular formula is C22H25N3O3. The van der Waals surface area contributed by atoms with E-state index >= 15 is 0 Å². The maximum atomic E-state index is 12.8. The van der Waals surface area contributed by atoms with Gasteiger partial charge in [0.25, 0.3) is 11.8 Å². The largest absolute Gasteiger partial charge is 0.487 e. The van der Waals surface area contributed by atoms with Crippen molar-refractivity contribution in [1.29, 1.82) is 0 Å². The highest BCUT2D eigenvalue weighted by Crippen LogP contribution is 2.31. The van der Waals surface area contributed by atoms with Gasteiger partial charge in [0, 0.05) is 31.4 Å². The van der Waals surface area contributed by atoms with Crippen molar-refractivity contribution in [3.8, 4) is 5.75 Å². The summed E-state index contributed by atoms with van der Waals surface area (Å²) in [6.07, 6.45) is 1.58. The monoisotopic (exact) mass is 379 g/mol. The minimum atomic E-state index is -0.438. The van der Waals surface area contributed by atoms with Crippen LogP contribution in [0.4, 0.5) is 11.4 Å². The highest BCUT2D eigenvalue weighted by atomic mass is 16.5. The van der Waals surface area contributed by atoms with Gasteiger partial charge in [-0.25, -0.2) is 5.01 Å². The lowest BCUT2D eigenvalue weighted by molar-refractivity contribution is -0.117. The van der Waals surface area contributed by atoms with Gasteiger partial charge >= 0.3 is 0 Å². The summed E-state index contributed by atoms with van der Waals surface area (Å²) in [6, 6.07) is 14.7. The lowest BCUT2D eigenvalue weighted by Crippen LogP contribution is -2.35. The number of nitrogens with one attached hydrogen (secondary N) is 1. The SMILES string of the molecule is CN(C)c1ccc(/C=C2/C(=O)NN(c3ccccc3)C2=O)c(OC(C)(C)C)c1. The van der Waals surface area contributed by atoms with Gasteiger partial charge in [-0.1, -0.05) is 18.2 Å². The van der Waals surface area contributed by atoms with Crippen LogP contribution in [0.1, 0.15) is 26.3 Å². The molecule has 6 heteroatoms. The molecule has 2 aromatic carbocycles. The van der Waals surface area contributed by atoms with Gasteiger partial charge in [-0.05, 0) is 51.1 Å². The fourth-order valence-corrected chi connectivity index (χ4v) is 2.81. The van der Waals surface area contributed by atoms with Crippen molar-refractivity contribution in [2.24, 2.45) is 0 Å². The van der Waals surface area contributed by atoms with E-state index < -0.39 is 17.4 Å². The first kappa shape index (κ1) is 19.5. The quantitative estimate of drug-likeness (QED) is 0.653. The number of carbonyl (C=O) groups is 2. The van der Waals surface area contributed by atoms with Crippen molar-refractivity contribution in [3.05, 3.63) is 59.7 Å². The third kappa shape index (κ3) is 4.17. The van der Waals surface area contributed by atoms with E-state index in [1.54, 1.807) is 18.2 Å². The summed E-state index contributed by atoms with van der Waals surface area (Å²) in [5.74, 6) is -0.216. The van der Waals surface area contributed by atoms with E-state index in [1.807, 2.05) is 76.2 Å². The normalized spacial score (nSPS) is 15.8. The number of nitrogens with zero attached hydrogens (tertiary/aromatic N) is 2. The van der Waals surface area contributed by atoms with Crippen LogP contribution in [-0.4, -0.2) is 31.5 Å². The highest BCUT2D eigenvalue weighted by Gasteiger charge is 2.34. The Labute approximate surface area is 165 Å². The number of anilines is 2. The van der Waals surface area contributed by atoms with E-state index in [0.717, 1.165) is 5.69 Å². The van der Waals surface area contributed by atoms with Crippen LogP contribution >= 0.6 is 0 Å². The zero-order chi connectivity index (χ0) is 20.5. The van der Waals surface area contributed by atoms with Gasteiger partial charge in [-0.3, -0.25) is 15.0 Å². The molecule has 1 fully saturated rings. The van der Waals surface area contributed by atoms with Crippen LogP contribution in [0, 0.1) is 0 Å². The topological polar surface area (TPSA) is 61.9 Å². The Bertz CT molecular complexity index is 928. The van der Waals surface area contributed by atoms with Crippen molar-refractivity contribution in [1.82, 2.24) is 5.43 Å². The summed E-state index contributed by atoms with van der Waals surface area (Å²) < 4.78 is 6.09. The standard InChI is InChI=1S/C22H25N3O3/c1-22(2,3)28-19-14-17(24(4)5)12-11-15(19)13-18-20(26)23-25(21(18)27)16-9-7-6-8-10-16/h6-14H,1-5H3,(H,23,26)/b18-13-. The van der Waals surface area contributed by atoms with Crippen LogP contribution in [0.15, 0.2) is 54.1 Å². The summed E-state index contributed by atoms with van der Waals surface area (Å²) in [7, 11) is 3.89. The first-order chi connectivity index (χ1) is 13.2. The van der Waals surface area contributed by atoms with E-state index in [2.05, 4.69) is 5.43 Å². The fourth-order valence-electron chi connectivity index (χ4n) is 2.81. The van der Waals surface area contributed by atoms with Gasteiger partial charge in [-0.2, -0.15) is 0 Å². The van der Waals surface area contributed by atoms with Crippen LogP contribution in [0.2, 0.25) is 0 Å². The first-order valence-electron chi connectivity index (χ1n) is 9.08. The lowest BCUT2D eigenvalue weighted by Gasteiger charge is -2.24. The molecule has 0 radical (unpaired) electrons. The van der Waals surface area contributed by atoms with Crippen molar-refractivity contribution >= 4 is 29.3 Å². The summed E-state index contributed by atoms with van der Waals surface area (Å²) in [4.78, 5) is 27.2. The molecule has 1 aliphatic rings. The number of hydrazine groups is 1. The molecule has 146 valence electrons. The predicted octanol–water partition coefficient (Wildman–Crippen LogP) is 3.39. The molecule has 0 atom stereocenters. The Morgan fingerprint density at radius 3 is 2.32 bits per heavy atom. The summed E-state index contributed by atoms with van der Waals surface area (Å²) >= 11 is 0. The fraction of sp³-hybridized carbons (Fsp3) is 0.273. The molecule has 0 aliphatic carbocycles. The van der Waals surface area contributed by atoms with Gasteiger partial charge in [0.15, 0.2) is 0 Å². The number of para-hydroxylation sites is 1. The molecule has 1 heterocycles. The van der Waals surface area contributed by atoms with Crippen LogP contribution in [0.25, 0.3) is 6.08 Å². The third-order valence-corrected chi connectivity index (χ3v) is 4.14. The van der Waals surface area contributed by atoms with Crippen LogP contribution in [0.5, 0.6) is 5.75 Å². The van der Waals surface area contributed by atoms with Crippen LogP contribution in [-0.2, 0) is 9.59 Å². The van der Waals surface area contributed by atoms with E-state index in [4.69, 9.17) is 4.74 Å². The molecule has 0 unspecified atom stereocenters. The summed E-state index contributed by atoms with van der Waals surface area (Å²) in [6.45, 7) is 5.87. The summed E-state index contributed by atoms with van der Waals surface area (Å²) in [5, 5.41) is 1.26. The molecule has 0 aromatic heterocycles. The molecule has 0 saturated carbocycles. The number of ether oxygens (including phenoxy) is 1. The van der Waals surface area contributed by atoms with Gasteiger partial charge in [0.05, 0.1) is 5.69 Å². The molecule has 6 nitrogen and oxygen atoms in total. The first-order valence-corrected chi connectivity index (χ1v) is 9.08. The average molecular weight is 379 g/mol. The molecule has 1 aliphatic heterocycles. The lowest BCUT2D eigenvalue weighted by atomic mass is 10.1. The number of carbonyl (C=O) groups excluding carboxylic acids is 2. The molecule has 3 rings (SSSR count). The maximum Gasteiger partial charge on any atom is 0.282 e. The van der Waals surface area contributed by atoms with Crippen molar-refractivity contribution in [2.75, 3.05) is 24.0 Å². The Morgan fingerprint density at radius 1 is 1.04 bits per heavy atom. The van der Waals surface area contributed by atoms with E-state index in [-0.39, 0.29) is 5.57 Å². The molecule has 2 aromatic rings. The second-order valence-electron chi connectivity index (χ2n) is 7.81. The average Bonchev–Trinajstić information content (AvgIpc) is 2.90. The second-order valence-corrected chi connectivity index (χ2v) is 7.81. The van der Waals surface area contributed by atoms with E-state index in [9.17, 15) is 9.59 Å². The molecular weight excluding hydrogens is 354 g/mol. The molecule has 0 bridgehead atoms. The van der Waals surface area contributed by atoms with Crippen molar-refractivity contribution in [3.63, 3.8) is 0 Å². The summed E-state index contributed by atoms with van der Waals surface area (Å²) in [5.41, 5.74) is 4.52. The number of hydrogen-bond donors (Lipinski definition) is 1. The van der Waals surface area contributed by atoms with Crippen LogP contribution in [0.3, 0.4) is 0 Å². The number of amides is 2. The molecule has 2 amide bonds. The molecule has 1 saturated heterocycles. The van der Waals surface area contributed by atoms with Crippen molar-refractivity contribution in [2.45, 2.75) is 26.4 Å². The van der Waals surface area contributed by atoms with Crippen molar-refractivity contribution < 1.29 is 14.3 Å². The second kappa shape index (κ2) is 7.38. The third-order valence-electron chi connectivity index (χ3n) is 4.14. The molecule has 1 N–H and O–H groups in total. The Kier molecular flexibility index (Phi) is 5.14. The number of hydrogen-bond acceptors (Lipinski definition) is 4. The Morgan fingerprint density at radius 2 is 1.71 bits per heavy atom. The van der Waals surface area contributed by atoms with Gasteiger partial charge in [-0.15, -0.1) is 0 Å². The predicted molar refractivity (Wildman–Crippen MR) is 111 cm³/mol. The highest BCUT2D eigenvalue weighted by molar-refractivity contribution is 6.31. The zero-order valence-corrected chi connectivity index (χ0v) is 16.8. The van der Waals surface area contributed by atoms with E-state index in [1.165, 1.54) is 5.01 Å². The van der Waals surface area contributed by atoms with Gasteiger partial charge < -0.3 is 9.64 Å². The van der Waals surface area contributed by atoms with Crippen LogP contribution < -0.4 is 20.1 Å². The van der Waals surface area contributed by atoms with Gasteiger partial charge in [0.1, 0.15) is 16.9 Å². The Balaban J connectivity index is 2.00. The molecule has 0 spiro atoms. The Hall–Kier alpha value is -3.28. The number of rotatable bonds is 4. The van der Waals surface area contributed by atoms with E-state index in [0.29, 0.717) is 17.0 Å². The zero-order valence-electron chi connectivity index (χ0n) is 16.8. The minimum absolute atomic E-state index is 0.0696. The van der Waals surface area contributed by atoms with Gasteiger partial charge in [0.2, 0.25) is 0 Å². The maximum absolute atomic E-state index is 12.8.